The number of carbonyl (C=O) groups excluding carboxylic acids is 1. The molecule has 4 N–H and O–H groups in total. The number of hydrogen-bond acceptors (Lipinski definition) is 11. The molecule has 0 saturated carbocycles. The molecule has 1 heterocycles. The van der Waals surface area contributed by atoms with Gasteiger partial charge >= 0.3 is 16.4 Å². The van der Waals surface area contributed by atoms with Crippen molar-refractivity contribution in [3.8, 4) is 0 Å². The first-order valence-corrected chi connectivity index (χ1v) is 30.4. The second kappa shape index (κ2) is 50.8. The third-order valence-electron chi connectivity index (χ3n) is 12.7. The Balaban J connectivity index is 2.35. The molecule has 426 valence electrons. The number of rotatable bonds is 50. The summed E-state index contributed by atoms with van der Waals surface area (Å²) >= 11 is 0. The van der Waals surface area contributed by atoms with Crippen molar-refractivity contribution in [2.45, 2.75) is 256 Å². The van der Waals surface area contributed by atoms with Crippen LogP contribution in [-0.4, -0.2) is 97.5 Å². The molecule has 1 rings (SSSR count). The number of allylic oxidation sites excluding steroid dienone is 16. The standard InChI is InChI=1S/C61H104O12S/c1-3-5-7-9-11-13-15-17-19-21-23-25-27-29-31-33-35-37-39-41-43-45-47-49-51-69-53-55(54-70-61-59(65)60(73-74(66,67)68)58(64)56(52-62)72-61)71-57(63)50-48-46-44-42-40-38-36-34-32-30-28-26-24-22-20-18-16-14-12-10-8-6-4-2/h5,7,11,13,17,19,22-25,29,31,35,37,41,43,55-56,58-62,64-65H,3-4,6,8-10,12,14-16,18,20-21,26-28,30,32-34,36,38-40,42,44-54H2,1-2H3,(H,66,67,68)/b7-5-,13-11-,19-17-,24-22-,25-23-,31-29-,37-35-,43-41-. The normalized spacial score (nSPS) is 19.5. The molecule has 1 saturated heterocycles. The third kappa shape index (κ3) is 43.2. The smallest absolute Gasteiger partial charge is 0.397 e. The molecule has 13 heteroatoms. The first kappa shape index (κ1) is 69.0. The zero-order chi connectivity index (χ0) is 53.8. The quantitative estimate of drug-likeness (QED) is 0.0196. The zero-order valence-corrected chi connectivity index (χ0v) is 46.9. The fraction of sp³-hybridized carbons (Fsp3) is 0.721. The minimum Gasteiger partial charge on any atom is -0.457 e. The van der Waals surface area contributed by atoms with E-state index >= 15 is 0 Å². The van der Waals surface area contributed by atoms with Gasteiger partial charge in [-0.25, -0.2) is 4.18 Å². The number of aliphatic hydroxyl groups excluding tert-OH is 3. The van der Waals surface area contributed by atoms with Crippen LogP contribution in [0, 0.1) is 0 Å². The van der Waals surface area contributed by atoms with Crippen LogP contribution in [0.1, 0.15) is 219 Å². The van der Waals surface area contributed by atoms with Crippen LogP contribution in [0.15, 0.2) is 97.2 Å². The predicted molar refractivity (Wildman–Crippen MR) is 303 cm³/mol. The number of carbonyl (C=O) groups is 1. The van der Waals surface area contributed by atoms with Crippen molar-refractivity contribution in [3.05, 3.63) is 97.2 Å². The fourth-order valence-electron chi connectivity index (χ4n) is 8.35. The predicted octanol–water partition coefficient (Wildman–Crippen LogP) is 14.5. The molecular formula is C61H104O12S. The van der Waals surface area contributed by atoms with Crippen LogP contribution in [0.3, 0.4) is 0 Å². The van der Waals surface area contributed by atoms with Crippen molar-refractivity contribution in [1.29, 1.82) is 0 Å². The molecule has 1 aliphatic rings. The highest BCUT2D eigenvalue weighted by molar-refractivity contribution is 7.80. The Labute approximate surface area is 450 Å². The first-order chi connectivity index (χ1) is 36.1. The molecule has 74 heavy (non-hydrogen) atoms. The van der Waals surface area contributed by atoms with E-state index in [1.54, 1.807) is 0 Å². The Bertz CT molecular complexity index is 1650. The highest BCUT2D eigenvalue weighted by Crippen LogP contribution is 2.26. The van der Waals surface area contributed by atoms with E-state index in [1.165, 1.54) is 109 Å². The Morgan fingerprint density at radius 1 is 0.527 bits per heavy atom. The van der Waals surface area contributed by atoms with Crippen molar-refractivity contribution < 1.29 is 56.2 Å². The van der Waals surface area contributed by atoms with E-state index in [1.807, 2.05) is 0 Å². The van der Waals surface area contributed by atoms with Crippen molar-refractivity contribution in [2.24, 2.45) is 0 Å². The van der Waals surface area contributed by atoms with Crippen LogP contribution in [0.25, 0.3) is 0 Å². The lowest BCUT2D eigenvalue weighted by molar-refractivity contribution is -0.301. The molecule has 6 unspecified atom stereocenters. The molecule has 0 radical (unpaired) electrons. The van der Waals surface area contributed by atoms with Crippen LogP contribution >= 0.6 is 0 Å². The van der Waals surface area contributed by atoms with E-state index in [-0.39, 0.29) is 19.6 Å². The highest BCUT2D eigenvalue weighted by Gasteiger charge is 2.48. The van der Waals surface area contributed by atoms with Gasteiger partial charge in [-0.1, -0.05) is 214 Å². The summed E-state index contributed by atoms with van der Waals surface area (Å²) in [5.41, 5.74) is 0. The molecule has 0 aromatic heterocycles. The van der Waals surface area contributed by atoms with E-state index in [9.17, 15) is 33.1 Å². The SMILES string of the molecule is CC/C=C\C/C=C\C/C=C\C/C=C\C/C=C\C/C=C\C/C=C\CCCCOCC(COC1OC(CO)C(O)C(OS(=O)(=O)O)C1O)OC(=O)CCCCCCCCCCCCC/C=C\CCCCCCCCCC. The summed E-state index contributed by atoms with van der Waals surface area (Å²) in [5.74, 6) is -0.417. The lowest BCUT2D eigenvalue weighted by atomic mass is 9.99. The van der Waals surface area contributed by atoms with Gasteiger partial charge in [0.2, 0.25) is 0 Å². The van der Waals surface area contributed by atoms with Gasteiger partial charge in [0.05, 0.1) is 19.8 Å². The zero-order valence-electron chi connectivity index (χ0n) is 46.1. The van der Waals surface area contributed by atoms with Crippen molar-refractivity contribution in [1.82, 2.24) is 0 Å². The average molecular weight is 1060 g/mol. The number of esters is 1. The van der Waals surface area contributed by atoms with Crippen LogP contribution in [0.5, 0.6) is 0 Å². The minimum atomic E-state index is -5.08. The lowest BCUT2D eigenvalue weighted by Gasteiger charge is -2.41. The summed E-state index contributed by atoms with van der Waals surface area (Å²) in [4.78, 5) is 13.0. The first-order valence-electron chi connectivity index (χ1n) is 29.0. The second-order valence-electron chi connectivity index (χ2n) is 19.5. The minimum absolute atomic E-state index is 0.000524. The fourth-order valence-corrected chi connectivity index (χ4v) is 8.86. The van der Waals surface area contributed by atoms with E-state index in [2.05, 4.69) is 115 Å². The van der Waals surface area contributed by atoms with Gasteiger partial charge < -0.3 is 34.3 Å². The number of ether oxygens (including phenoxy) is 4. The highest BCUT2D eigenvalue weighted by atomic mass is 32.3. The monoisotopic (exact) mass is 1060 g/mol. The van der Waals surface area contributed by atoms with Crippen molar-refractivity contribution >= 4 is 16.4 Å². The van der Waals surface area contributed by atoms with Gasteiger partial charge in [-0.15, -0.1) is 0 Å². The Hall–Kier alpha value is -2.98. The number of hydrogen-bond donors (Lipinski definition) is 4. The van der Waals surface area contributed by atoms with Gasteiger partial charge in [-0.3, -0.25) is 9.35 Å². The second-order valence-corrected chi connectivity index (χ2v) is 20.5. The lowest BCUT2D eigenvalue weighted by Crippen LogP contribution is -2.60. The van der Waals surface area contributed by atoms with E-state index in [0.717, 1.165) is 83.5 Å². The molecule has 0 amide bonds. The molecule has 1 aliphatic heterocycles. The summed E-state index contributed by atoms with van der Waals surface area (Å²) in [6, 6.07) is 0. The molecule has 6 atom stereocenters. The van der Waals surface area contributed by atoms with Gasteiger partial charge in [0.1, 0.15) is 30.5 Å². The van der Waals surface area contributed by atoms with E-state index in [4.69, 9.17) is 18.9 Å². The summed E-state index contributed by atoms with van der Waals surface area (Å²) in [6.45, 7) is 3.78. The van der Waals surface area contributed by atoms with Gasteiger partial charge in [0, 0.05) is 13.0 Å². The third-order valence-corrected chi connectivity index (χ3v) is 13.2. The van der Waals surface area contributed by atoms with E-state index < -0.39 is 59.8 Å². The average Bonchev–Trinajstić information content (AvgIpc) is 3.38. The molecule has 12 nitrogen and oxygen atoms in total. The summed E-state index contributed by atoms with van der Waals surface area (Å²) in [6.07, 6.45) is 61.6. The maximum atomic E-state index is 13.0. The van der Waals surface area contributed by atoms with E-state index in [0.29, 0.717) is 13.0 Å². The Morgan fingerprint density at radius 2 is 0.932 bits per heavy atom. The summed E-state index contributed by atoms with van der Waals surface area (Å²) < 4.78 is 59.4. The largest absolute Gasteiger partial charge is 0.457 e. The summed E-state index contributed by atoms with van der Waals surface area (Å²) in [7, 11) is -5.08. The number of unbranched alkanes of at least 4 members (excludes halogenated alkanes) is 21. The topological polar surface area (TPSA) is 178 Å². The molecule has 0 bridgehead atoms. The molecule has 0 spiro atoms. The van der Waals surface area contributed by atoms with Crippen LogP contribution < -0.4 is 0 Å². The number of aliphatic hydroxyl groups is 3. The van der Waals surface area contributed by atoms with Gasteiger partial charge in [-0.05, 0) is 96.3 Å². The van der Waals surface area contributed by atoms with Gasteiger partial charge in [0.25, 0.3) is 0 Å². The maximum absolute atomic E-state index is 13.0. The molecule has 0 aromatic carbocycles. The van der Waals surface area contributed by atoms with Gasteiger partial charge in [-0.2, -0.15) is 8.42 Å². The van der Waals surface area contributed by atoms with Crippen molar-refractivity contribution in [2.75, 3.05) is 26.4 Å². The van der Waals surface area contributed by atoms with Gasteiger partial charge in [0.15, 0.2) is 6.29 Å². The maximum Gasteiger partial charge on any atom is 0.397 e. The molecule has 0 aromatic rings. The molecule has 1 fully saturated rings. The van der Waals surface area contributed by atoms with Crippen LogP contribution in [0.2, 0.25) is 0 Å². The Kier molecular flexibility index (Phi) is 47.4. The van der Waals surface area contributed by atoms with Crippen molar-refractivity contribution in [3.63, 3.8) is 0 Å². The molecular weight excluding hydrogens is 957 g/mol. The Morgan fingerprint density at radius 3 is 1.38 bits per heavy atom. The van der Waals surface area contributed by atoms with Crippen LogP contribution in [-0.2, 0) is 38.3 Å². The summed E-state index contributed by atoms with van der Waals surface area (Å²) in [5, 5.41) is 30.8. The molecule has 0 aliphatic carbocycles. The van der Waals surface area contributed by atoms with Crippen LogP contribution in [0.4, 0.5) is 0 Å².